The van der Waals surface area contributed by atoms with E-state index < -0.39 is 149 Å². The molecule has 1 heterocycles. The van der Waals surface area contributed by atoms with Gasteiger partial charge in [0.2, 0.25) is 12.0 Å². The molecule has 3 fully saturated rings. The standard InChI is InChI=1S/C62H84N4O21S2/c1-35-40(31-41(68)62(86-53(76)38-23-16-12-17-24-38)55-60(8,51(73)49(81-10)47(35)59(62,6)7)42(80-9)32-43-61(55,34-82-43)85-36(2)67)83-54(77)50(48(37-21-14-11-15-22-37)66-57(79)87-58(3,4)5)84-46(72)25-20-30-88-89-33-44(69)63-28-18-13-19-29-64-56(78)65-39(52(74)75)26-27-45(70)71/h11-12,14-17,21-24,39-43,48-50,55,68H,13,18-20,25-34H2,1-10H3,(H,63,69)(H,66,79)(H,70,71)(H,74,75)(H2,64,65,78). The molecule has 0 radical (unpaired) electrons. The highest BCUT2D eigenvalue weighted by Crippen LogP contribution is 2.69. The van der Waals surface area contributed by atoms with Gasteiger partial charge in [-0.2, -0.15) is 0 Å². The zero-order valence-corrected chi connectivity index (χ0v) is 53.5. The van der Waals surface area contributed by atoms with Gasteiger partial charge in [0.25, 0.3) is 0 Å². The van der Waals surface area contributed by atoms with Gasteiger partial charge in [-0.15, -0.1) is 0 Å². The Labute approximate surface area is 525 Å². The Morgan fingerprint density at radius 1 is 0.809 bits per heavy atom. The van der Waals surface area contributed by atoms with E-state index in [0.717, 1.165) is 0 Å². The summed E-state index contributed by atoms with van der Waals surface area (Å²) in [5.74, 6) is -8.01. The number of carboxylic acids is 2. The van der Waals surface area contributed by atoms with Crippen LogP contribution < -0.4 is 21.3 Å². The SMILES string of the molecule is COC1C(=O)C2(C)C(OC)CC3OCC3(OC(C)=O)C2C2(OC(=O)c3ccccc3)C(O)CC(OC(=O)C(OC(=O)CCCSSCC(=O)NCCCCCNC(=O)NC(CCC(=O)O)C(=O)O)C(NC(=O)OC(C)(C)C)c3ccccc3)C(C)=C1C2(C)C. The number of esters is 4. The first-order valence-corrected chi connectivity index (χ1v) is 32.0. The average Bonchev–Trinajstić information content (AvgIpc) is 1.63. The van der Waals surface area contributed by atoms with Crippen LogP contribution in [0.4, 0.5) is 9.59 Å². The lowest BCUT2D eigenvalue weighted by molar-refractivity contribution is -0.358. The predicted octanol–water partition coefficient (Wildman–Crippen LogP) is 6.18. The van der Waals surface area contributed by atoms with Crippen LogP contribution in [0.1, 0.15) is 135 Å². The minimum absolute atomic E-state index is 0.0624. The highest BCUT2D eigenvalue weighted by Gasteiger charge is 2.82. The molecule has 0 spiro atoms. The van der Waals surface area contributed by atoms with Gasteiger partial charge in [-0.3, -0.25) is 24.0 Å². The molecule has 2 bridgehead atoms. The van der Waals surface area contributed by atoms with Crippen LogP contribution in [-0.2, 0) is 71.5 Å². The molecule has 1 aliphatic heterocycles. The largest absolute Gasteiger partial charge is 0.481 e. The number of aliphatic carboxylic acids is 2. The van der Waals surface area contributed by atoms with Crippen molar-refractivity contribution in [2.24, 2.45) is 16.7 Å². The number of Topliss-reactive ketones (excluding diaryl/α,β-unsaturated/α-hetero) is 1. The molecule has 27 heteroatoms. The summed E-state index contributed by atoms with van der Waals surface area (Å²) in [6.07, 6.45) is -9.06. The van der Waals surface area contributed by atoms with Crippen LogP contribution in [0.15, 0.2) is 71.8 Å². The number of fused-ring (bicyclic) bond motifs is 6. The lowest BCUT2D eigenvalue weighted by Crippen LogP contribution is -2.82. The molecule has 25 nitrogen and oxygen atoms in total. The molecule has 4 aliphatic rings. The number of nitrogens with one attached hydrogen (secondary N) is 4. The van der Waals surface area contributed by atoms with Gasteiger partial charge in [-0.1, -0.05) is 84.0 Å². The molecule has 6 rings (SSSR count). The summed E-state index contributed by atoms with van der Waals surface area (Å²) in [4.78, 5) is 134. The Hall–Kier alpha value is -6.78. The summed E-state index contributed by atoms with van der Waals surface area (Å²) >= 11 is 0. The van der Waals surface area contributed by atoms with Crippen molar-refractivity contribution in [3.05, 3.63) is 82.9 Å². The van der Waals surface area contributed by atoms with E-state index in [2.05, 4.69) is 21.3 Å². The number of rotatable bonds is 29. The van der Waals surface area contributed by atoms with Crippen LogP contribution in [0.3, 0.4) is 0 Å². The summed E-state index contributed by atoms with van der Waals surface area (Å²) < 4.78 is 49.9. The first-order valence-electron chi connectivity index (χ1n) is 29.5. The first-order chi connectivity index (χ1) is 42.0. The number of ketones is 1. The van der Waals surface area contributed by atoms with Gasteiger partial charge < -0.3 is 74.5 Å². The smallest absolute Gasteiger partial charge is 0.408 e. The van der Waals surface area contributed by atoms with E-state index in [-0.39, 0.29) is 67.2 Å². The molecule has 4 amide bonds. The Bertz CT molecular complexity index is 2930. The fourth-order valence-corrected chi connectivity index (χ4v) is 14.8. The molecule has 2 aromatic rings. The van der Waals surface area contributed by atoms with E-state index >= 15 is 9.59 Å². The van der Waals surface area contributed by atoms with E-state index in [1.165, 1.54) is 54.9 Å². The second-order valence-corrected chi connectivity index (χ2v) is 26.8. The topological polar surface area (TPSA) is 353 Å². The van der Waals surface area contributed by atoms with E-state index in [9.17, 15) is 48.6 Å². The number of ether oxygens (including phenoxy) is 8. The van der Waals surface area contributed by atoms with Crippen molar-refractivity contribution in [2.45, 2.75) is 179 Å². The number of carbonyl (C=O) groups is 10. The van der Waals surface area contributed by atoms with Gasteiger partial charge in [0.15, 0.2) is 17.0 Å². The van der Waals surface area contributed by atoms with Crippen LogP contribution >= 0.6 is 21.6 Å². The Morgan fingerprint density at radius 2 is 1.46 bits per heavy atom. The minimum atomic E-state index is -2.27. The summed E-state index contributed by atoms with van der Waals surface area (Å²) in [5, 5.41) is 41.8. The van der Waals surface area contributed by atoms with Crippen molar-refractivity contribution in [3.8, 4) is 0 Å². The molecular formula is C62H84N4O21S2. The maximum Gasteiger partial charge on any atom is 0.408 e. The van der Waals surface area contributed by atoms with Gasteiger partial charge in [-0.25, -0.2) is 24.0 Å². The third kappa shape index (κ3) is 16.6. The second kappa shape index (κ2) is 30.8. The van der Waals surface area contributed by atoms with E-state index in [1.54, 1.807) is 97.0 Å². The number of methoxy groups -OCH3 is 2. The van der Waals surface area contributed by atoms with Crippen molar-refractivity contribution in [1.29, 1.82) is 0 Å². The van der Waals surface area contributed by atoms with E-state index in [0.29, 0.717) is 37.1 Å². The van der Waals surface area contributed by atoms with Gasteiger partial charge in [0, 0.05) is 71.1 Å². The van der Waals surface area contributed by atoms with Crippen LogP contribution in [0.25, 0.3) is 0 Å². The highest BCUT2D eigenvalue weighted by molar-refractivity contribution is 8.76. The summed E-state index contributed by atoms with van der Waals surface area (Å²) in [5.41, 5.74) is -7.64. The number of unbranched alkanes of at least 4 members (excludes halogenated alkanes) is 2. The lowest BCUT2D eigenvalue weighted by atomic mass is 9.46. The molecule has 1 saturated heterocycles. The fraction of sp³-hybridized carbons (Fsp3) is 0.613. The van der Waals surface area contributed by atoms with E-state index in [4.69, 9.17) is 43.0 Å². The van der Waals surface area contributed by atoms with Gasteiger partial charge in [0.1, 0.15) is 36.0 Å². The Morgan fingerprint density at radius 3 is 2.04 bits per heavy atom. The lowest BCUT2D eigenvalue weighted by Gasteiger charge is -2.67. The van der Waals surface area contributed by atoms with Crippen LogP contribution in [0.2, 0.25) is 0 Å². The number of urea groups is 1. The number of carbonyl (C=O) groups excluding carboxylic acids is 8. The second-order valence-electron chi connectivity index (χ2n) is 24.2. The van der Waals surface area contributed by atoms with Crippen molar-refractivity contribution in [3.63, 3.8) is 0 Å². The van der Waals surface area contributed by atoms with Crippen molar-refractivity contribution in [1.82, 2.24) is 21.3 Å². The third-order valence-electron chi connectivity index (χ3n) is 16.8. The molecule has 490 valence electrons. The third-order valence-corrected chi connectivity index (χ3v) is 19.1. The number of benzene rings is 2. The molecule has 3 aliphatic carbocycles. The molecule has 89 heavy (non-hydrogen) atoms. The van der Waals surface area contributed by atoms with Gasteiger partial charge in [-0.05, 0) is 95.6 Å². The molecule has 12 atom stereocenters. The van der Waals surface area contributed by atoms with Gasteiger partial charge >= 0.3 is 47.9 Å². The molecule has 12 unspecified atom stereocenters. The summed E-state index contributed by atoms with van der Waals surface area (Å²) in [6, 6.07) is 12.7. The zero-order chi connectivity index (χ0) is 65.6. The number of aliphatic hydroxyl groups excluding tert-OH is 1. The Balaban J connectivity index is 1.22. The summed E-state index contributed by atoms with van der Waals surface area (Å²) in [7, 11) is 5.31. The maximum absolute atomic E-state index is 15.9. The molecule has 7 N–H and O–H groups in total. The molecule has 2 aromatic carbocycles. The quantitative estimate of drug-likeness (QED) is 0.0157. The molecule has 0 aromatic heterocycles. The number of alkyl carbamates (subject to hydrolysis) is 1. The number of hydrogen-bond acceptors (Lipinski definition) is 21. The van der Waals surface area contributed by atoms with Gasteiger partial charge in [0.05, 0.1) is 41.5 Å². The molecular weight excluding hydrogens is 1200 g/mol. The predicted molar refractivity (Wildman–Crippen MR) is 323 cm³/mol. The summed E-state index contributed by atoms with van der Waals surface area (Å²) in [6.45, 7) is 13.0. The average molecular weight is 1290 g/mol. The van der Waals surface area contributed by atoms with Crippen LogP contribution in [0, 0.1) is 16.7 Å². The first kappa shape index (κ1) is 71.3. The number of carboxylic acid groups (broad SMARTS) is 2. The van der Waals surface area contributed by atoms with Crippen molar-refractivity contribution < 1.29 is 101 Å². The molecule has 2 saturated carbocycles. The fourth-order valence-electron chi connectivity index (χ4n) is 12.8. The van der Waals surface area contributed by atoms with Crippen molar-refractivity contribution >= 4 is 81.2 Å². The van der Waals surface area contributed by atoms with Crippen molar-refractivity contribution in [2.75, 3.05) is 45.4 Å². The normalized spacial score (nSPS) is 26.1. The maximum atomic E-state index is 15.9. The highest BCUT2D eigenvalue weighted by atomic mass is 33.1. The van der Waals surface area contributed by atoms with Crippen LogP contribution in [-0.4, -0.2) is 180 Å². The Kier molecular flexibility index (Phi) is 24.7. The van der Waals surface area contributed by atoms with E-state index in [1.807, 2.05) is 0 Å². The monoisotopic (exact) mass is 1280 g/mol. The van der Waals surface area contributed by atoms with Crippen LogP contribution in [0.5, 0.6) is 0 Å². The zero-order valence-electron chi connectivity index (χ0n) is 51.9. The minimum Gasteiger partial charge on any atom is -0.481 e. The number of aliphatic hydroxyl groups is 1. The number of hydrogen-bond donors (Lipinski definition) is 7. The number of amides is 4.